The van der Waals surface area contributed by atoms with Crippen molar-refractivity contribution in [3.63, 3.8) is 0 Å². The lowest BCUT2D eigenvalue weighted by Crippen LogP contribution is -1.94. The molecular formula is C22H34O6P2. The van der Waals surface area contributed by atoms with Crippen molar-refractivity contribution in [2.24, 2.45) is 0 Å². The summed E-state index contributed by atoms with van der Waals surface area (Å²) in [5, 5.41) is 0. The second-order valence-corrected chi connectivity index (χ2v) is 8.20. The van der Waals surface area contributed by atoms with Gasteiger partial charge in [-0.2, -0.15) is 0 Å². The van der Waals surface area contributed by atoms with E-state index in [1.165, 1.54) is 12.8 Å². The van der Waals surface area contributed by atoms with Gasteiger partial charge in [0.15, 0.2) is 0 Å². The van der Waals surface area contributed by atoms with Crippen LogP contribution in [0.1, 0.15) is 52.4 Å². The molecule has 0 fully saturated rings. The Morgan fingerprint density at radius 3 is 1.37 bits per heavy atom. The van der Waals surface area contributed by atoms with Crippen LogP contribution in [-0.4, -0.2) is 23.0 Å². The zero-order valence-electron chi connectivity index (χ0n) is 17.9. The average Bonchev–Trinajstić information content (AvgIpc) is 2.76. The lowest BCUT2D eigenvalue weighted by atomic mass is 10.3. The molecule has 6 nitrogen and oxygen atoms in total. The Hall–Kier alpha value is -1.26. The molecule has 0 bridgehead atoms. The van der Waals surface area contributed by atoms with Crippen molar-refractivity contribution in [2.45, 2.75) is 52.4 Å². The third-order valence-corrected chi connectivity index (χ3v) is 5.29. The van der Waals surface area contributed by atoms with Crippen LogP contribution in [0.4, 0.5) is 0 Å². The van der Waals surface area contributed by atoms with Gasteiger partial charge in [0.25, 0.3) is 0 Å². The van der Waals surface area contributed by atoms with Gasteiger partial charge < -0.3 is 27.9 Å². The van der Waals surface area contributed by atoms with E-state index in [-0.39, 0.29) is 0 Å². The van der Waals surface area contributed by atoms with Gasteiger partial charge >= 0.3 is 17.2 Å². The molecule has 2 aromatic rings. The molecule has 0 spiro atoms. The largest absolute Gasteiger partial charge is 0.460 e. The highest BCUT2D eigenvalue weighted by molar-refractivity contribution is 7.41. The van der Waals surface area contributed by atoms with Crippen LogP contribution < -0.4 is 9.05 Å². The molecule has 2 N–H and O–H groups in total. The third kappa shape index (κ3) is 14.7. The van der Waals surface area contributed by atoms with Gasteiger partial charge in [-0.05, 0) is 37.1 Å². The molecule has 0 saturated heterocycles. The van der Waals surface area contributed by atoms with E-state index in [0.29, 0.717) is 24.7 Å². The fourth-order valence-corrected chi connectivity index (χ4v) is 3.47. The van der Waals surface area contributed by atoms with Gasteiger partial charge in [0.1, 0.15) is 11.5 Å². The molecule has 2 rings (SSSR count). The molecule has 8 heteroatoms. The summed E-state index contributed by atoms with van der Waals surface area (Å²) in [4.78, 5) is 18.8. The first-order valence-electron chi connectivity index (χ1n) is 10.4. The van der Waals surface area contributed by atoms with Crippen LogP contribution in [0.5, 0.6) is 11.5 Å². The zero-order valence-corrected chi connectivity index (χ0v) is 19.6. The molecule has 30 heavy (non-hydrogen) atoms. The molecule has 0 saturated carbocycles. The molecule has 0 aliphatic carbocycles. The van der Waals surface area contributed by atoms with E-state index < -0.39 is 17.2 Å². The number of benzene rings is 2. The monoisotopic (exact) mass is 456 g/mol. The lowest BCUT2D eigenvalue weighted by molar-refractivity contribution is 0.194. The number of rotatable bonds is 14. The summed E-state index contributed by atoms with van der Waals surface area (Å²) in [7, 11) is -3.55. The molecule has 0 amide bonds. The standard InChI is InChI=1S/C12H11O3P.C10H23O3P/c13-16(14-11-7-3-1-4-8-11)15-12-9-5-2-6-10-12;1-3-5-7-9-12-14(11)13-10-8-6-4-2/h1-10,13H;11H,3-10H2,1-2H3. The normalized spacial score (nSPS) is 10.6. The van der Waals surface area contributed by atoms with Crippen LogP contribution in [0.3, 0.4) is 0 Å². The topological polar surface area (TPSA) is 77.4 Å². The minimum Gasteiger partial charge on any atom is -0.418 e. The van der Waals surface area contributed by atoms with Crippen molar-refractivity contribution in [2.75, 3.05) is 13.2 Å². The van der Waals surface area contributed by atoms with Crippen LogP contribution in [0, 0.1) is 0 Å². The summed E-state index contributed by atoms with van der Waals surface area (Å²) >= 11 is 0. The fourth-order valence-electron chi connectivity index (χ4n) is 2.19. The molecule has 168 valence electrons. The number of hydrogen-bond acceptors (Lipinski definition) is 6. The fraction of sp³-hybridized carbons (Fsp3) is 0.455. The Balaban J connectivity index is 0.000000304. The zero-order chi connectivity index (χ0) is 21.9. The third-order valence-electron chi connectivity index (χ3n) is 3.75. The summed E-state index contributed by atoms with van der Waals surface area (Å²) in [6, 6.07) is 18.2. The van der Waals surface area contributed by atoms with E-state index in [1.54, 1.807) is 24.3 Å². The molecule has 2 aromatic carbocycles. The van der Waals surface area contributed by atoms with E-state index in [0.717, 1.165) is 25.7 Å². The number of para-hydroxylation sites is 2. The summed E-state index contributed by atoms with van der Waals surface area (Å²) in [6.45, 7) is 5.51. The van der Waals surface area contributed by atoms with Crippen molar-refractivity contribution < 1.29 is 27.9 Å². The van der Waals surface area contributed by atoms with Gasteiger partial charge in [0.2, 0.25) is 0 Å². The smallest absolute Gasteiger partial charge is 0.418 e. The lowest BCUT2D eigenvalue weighted by Gasteiger charge is -2.11. The summed E-state index contributed by atoms with van der Waals surface area (Å²) in [6.07, 6.45) is 6.66. The summed E-state index contributed by atoms with van der Waals surface area (Å²) in [5.74, 6) is 1.18. The minimum atomic E-state index is -1.93. The molecule has 0 aromatic heterocycles. The van der Waals surface area contributed by atoms with Gasteiger partial charge in [0.05, 0.1) is 13.2 Å². The van der Waals surface area contributed by atoms with Gasteiger partial charge in [-0.15, -0.1) is 0 Å². The Labute approximate surface area is 183 Å². The van der Waals surface area contributed by atoms with E-state index in [4.69, 9.17) is 18.1 Å². The predicted molar refractivity (Wildman–Crippen MR) is 123 cm³/mol. The summed E-state index contributed by atoms with van der Waals surface area (Å²) in [5.41, 5.74) is 0. The van der Waals surface area contributed by atoms with E-state index in [2.05, 4.69) is 13.8 Å². The molecule has 0 radical (unpaired) electrons. The van der Waals surface area contributed by atoms with Crippen molar-refractivity contribution in [3.05, 3.63) is 60.7 Å². The Morgan fingerprint density at radius 1 is 0.600 bits per heavy atom. The average molecular weight is 456 g/mol. The highest BCUT2D eigenvalue weighted by Gasteiger charge is 2.10. The van der Waals surface area contributed by atoms with Crippen LogP contribution in [-0.2, 0) is 9.05 Å². The van der Waals surface area contributed by atoms with Crippen molar-refractivity contribution >= 4 is 17.2 Å². The van der Waals surface area contributed by atoms with Gasteiger partial charge in [-0.1, -0.05) is 75.9 Å². The van der Waals surface area contributed by atoms with Gasteiger partial charge in [-0.3, -0.25) is 0 Å². The first-order chi connectivity index (χ1) is 14.7. The Bertz CT molecular complexity index is 564. The second kappa shape index (κ2) is 18.5. The SMILES string of the molecule is CCCCCOP(O)OCCCCC.OP(Oc1ccccc1)Oc1ccccc1. The second-order valence-electron chi connectivity index (χ2n) is 6.37. The minimum absolute atomic E-state index is 0.590. The van der Waals surface area contributed by atoms with Crippen molar-refractivity contribution in [1.29, 1.82) is 0 Å². The molecular weight excluding hydrogens is 422 g/mol. The molecule has 0 unspecified atom stereocenters. The van der Waals surface area contributed by atoms with Crippen molar-refractivity contribution in [3.8, 4) is 11.5 Å². The molecule has 0 aliphatic rings. The van der Waals surface area contributed by atoms with E-state index >= 15 is 0 Å². The quantitative estimate of drug-likeness (QED) is 0.236. The predicted octanol–water partition coefficient (Wildman–Crippen LogP) is 6.98. The maximum absolute atomic E-state index is 9.58. The molecule has 0 heterocycles. The highest BCUT2D eigenvalue weighted by atomic mass is 31.2. The molecule has 0 atom stereocenters. The van der Waals surface area contributed by atoms with Crippen LogP contribution in [0.2, 0.25) is 0 Å². The first kappa shape index (κ1) is 26.8. The Morgan fingerprint density at radius 2 is 1.00 bits per heavy atom. The highest BCUT2D eigenvalue weighted by Crippen LogP contribution is 2.36. The maximum Gasteiger partial charge on any atom is 0.460 e. The van der Waals surface area contributed by atoms with Crippen molar-refractivity contribution in [1.82, 2.24) is 0 Å². The van der Waals surface area contributed by atoms with Gasteiger partial charge in [-0.25, -0.2) is 0 Å². The van der Waals surface area contributed by atoms with Gasteiger partial charge in [0, 0.05) is 0 Å². The van der Waals surface area contributed by atoms with Crippen LogP contribution in [0.15, 0.2) is 60.7 Å². The first-order valence-corrected chi connectivity index (χ1v) is 12.6. The molecule has 0 aliphatic heterocycles. The van der Waals surface area contributed by atoms with Crippen LogP contribution in [0.25, 0.3) is 0 Å². The summed E-state index contributed by atoms with van der Waals surface area (Å²) < 4.78 is 20.7. The number of hydrogen-bond donors (Lipinski definition) is 2. The van der Waals surface area contributed by atoms with E-state index in [9.17, 15) is 9.79 Å². The van der Waals surface area contributed by atoms with Crippen LogP contribution >= 0.6 is 17.2 Å². The Kier molecular flexibility index (Phi) is 16.5. The maximum atomic E-state index is 9.58. The number of unbranched alkanes of at least 4 members (excludes halogenated alkanes) is 4. The van der Waals surface area contributed by atoms with E-state index in [1.807, 2.05) is 36.4 Å².